The number of amides is 1. The van der Waals surface area contributed by atoms with Gasteiger partial charge >= 0.3 is 0 Å². The summed E-state index contributed by atoms with van der Waals surface area (Å²) in [5.74, 6) is 0.107. The molecule has 18 heavy (non-hydrogen) atoms. The maximum atomic E-state index is 11.7. The molecule has 0 bridgehead atoms. The average Bonchev–Trinajstić information content (AvgIpc) is 2.94. The van der Waals surface area contributed by atoms with E-state index in [0.717, 1.165) is 36.6 Å². The van der Waals surface area contributed by atoms with E-state index in [1.54, 1.807) is 11.3 Å². The molecule has 2 heterocycles. The summed E-state index contributed by atoms with van der Waals surface area (Å²) >= 11 is 1.68. The zero-order valence-corrected chi connectivity index (χ0v) is 11.8. The van der Waals surface area contributed by atoms with Crippen LogP contribution in [0.2, 0.25) is 0 Å². The lowest BCUT2D eigenvalue weighted by Crippen LogP contribution is -2.31. The standard InChI is InChI=1S/C13H20N2O2S/c1-9-12(18-10(2)15-9)5-6-13(16)14-8-11-4-3-7-17-11/h11H,3-8H2,1-2H3,(H,14,16). The summed E-state index contributed by atoms with van der Waals surface area (Å²) in [6.07, 6.45) is 3.72. The molecule has 1 atom stereocenters. The molecule has 0 spiro atoms. The summed E-state index contributed by atoms with van der Waals surface area (Å²) in [5.41, 5.74) is 1.06. The lowest BCUT2D eigenvalue weighted by atomic mass is 10.2. The zero-order valence-electron chi connectivity index (χ0n) is 11.0. The first kappa shape index (κ1) is 13.5. The van der Waals surface area contributed by atoms with Gasteiger partial charge in [-0.3, -0.25) is 4.79 Å². The molecule has 1 aromatic rings. The Balaban J connectivity index is 1.69. The van der Waals surface area contributed by atoms with E-state index in [-0.39, 0.29) is 12.0 Å². The van der Waals surface area contributed by atoms with E-state index in [4.69, 9.17) is 4.74 Å². The topological polar surface area (TPSA) is 51.2 Å². The Morgan fingerprint density at radius 3 is 3.00 bits per heavy atom. The SMILES string of the molecule is Cc1nc(C)c(CCC(=O)NCC2CCCO2)s1. The zero-order chi connectivity index (χ0) is 13.0. The van der Waals surface area contributed by atoms with E-state index in [0.29, 0.717) is 13.0 Å². The third kappa shape index (κ3) is 3.78. The molecule has 1 aromatic heterocycles. The minimum atomic E-state index is 0.107. The largest absolute Gasteiger partial charge is 0.376 e. The van der Waals surface area contributed by atoms with Crippen LogP contribution in [0.5, 0.6) is 0 Å². The number of nitrogens with one attached hydrogen (secondary N) is 1. The molecule has 0 aliphatic carbocycles. The number of nitrogens with zero attached hydrogens (tertiary/aromatic N) is 1. The van der Waals surface area contributed by atoms with Gasteiger partial charge in [0.2, 0.25) is 5.91 Å². The smallest absolute Gasteiger partial charge is 0.220 e. The molecule has 1 aliphatic heterocycles. The fourth-order valence-corrected chi connectivity index (χ4v) is 3.09. The van der Waals surface area contributed by atoms with Gasteiger partial charge in [-0.25, -0.2) is 4.98 Å². The molecule has 0 aromatic carbocycles. The van der Waals surface area contributed by atoms with Gasteiger partial charge in [-0.05, 0) is 33.1 Å². The summed E-state index contributed by atoms with van der Waals surface area (Å²) in [7, 11) is 0. The van der Waals surface area contributed by atoms with E-state index >= 15 is 0 Å². The van der Waals surface area contributed by atoms with E-state index in [1.165, 1.54) is 4.88 Å². The predicted molar refractivity (Wildman–Crippen MR) is 71.9 cm³/mol. The number of ether oxygens (including phenoxy) is 1. The second-order valence-corrected chi connectivity index (χ2v) is 5.97. The number of rotatable bonds is 5. The van der Waals surface area contributed by atoms with Crippen molar-refractivity contribution in [3.05, 3.63) is 15.6 Å². The Kier molecular flexibility index (Phi) is 4.72. The van der Waals surface area contributed by atoms with Gasteiger partial charge < -0.3 is 10.1 Å². The lowest BCUT2D eigenvalue weighted by Gasteiger charge is -2.10. The van der Waals surface area contributed by atoms with Crippen molar-refractivity contribution in [3.63, 3.8) is 0 Å². The highest BCUT2D eigenvalue weighted by Crippen LogP contribution is 2.18. The third-order valence-electron chi connectivity index (χ3n) is 3.13. The number of carbonyl (C=O) groups is 1. The van der Waals surface area contributed by atoms with Crippen molar-refractivity contribution in [1.82, 2.24) is 10.3 Å². The van der Waals surface area contributed by atoms with Gasteiger partial charge in [-0.2, -0.15) is 0 Å². The van der Waals surface area contributed by atoms with Crippen LogP contribution in [0.3, 0.4) is 0 Å². The van der Waals surface area contributed by atoms with Crippen molar-refractivity contribution in [2.45, 2.75) is 45.6 Å². The average molecular weight is 268 g/mol. The van der Waals surface area contributed by atoms with Crippen molar-refractivity contribution in [2.24, 2.45) is 0 Å². The number of carbonyl (C=O) groups excluding carboxylic acids is 1. The fraction of sp³-hybridized carbons (Fsp3) is 0.692. The minimum absolute atomic E-state index is 0.107. The molecule has 1 unspecified atom stereocenters. The van der Waals surface area contributed by atoms with Crippen LogP contribution in [0, 0.1) is 13.8 Å². The van der Waals surface area contributed by atoms with Crippen molar-refractivity contribution < 1.29 is 9.53 Å². The van der Waals surface area contributed by atoms with Gasteiger partial charge in [0.05, 0.1) is 16.8 Å². The summed E-state index contributed by atoms with van der Waals surface area (Å²) < 4.78 is 5.47. The third-order valence-corrected chi connectivity index (χ3v) is 4.26. The molecule has 1 N–H and O–H groups in total. The first-order valence-electron chi connectivity index (χ1n) is 6.46. The number of hydrogen-bond acceptors (Lipinski definition) is 4. The highest BCUT2D eigenvalue weighted by atomic mass is 32.1. The van der Waals surface area contributed by atoms with Gasteiger partial charge in [-0.1, -0.05) is 0 Å². The van der Waals surface area contributed by atoms with Crippen LogP contribution in [0.4, 0.5) is 0 Å². The second kappa shape index (κ2) is 6.29. The molecule has 0 saturated carbocycles. The first-order chi connectivity index (χ1) is 8.65. The lowest BCUT2D eigenvalue weighted by molar-refractivity contribution is -0.121. The van der Waals surface area contributed by atoms with E-state index in [2.05, 4.69) is 10.3 Å². The van der Waals surface area contributed by atoms with Gasteiger partial charge in [-0.15, -0.1) is 11.3 Å². The van der Waals surface area contributed by atoms with Gasteiger partial charge in [0.15, 0.2) is 0 Å². The van der Waals surface area contributed by atoms with Crippen LogP contribution in [0.1, 0.15) is 34.8 Å². The molecular formula is C13H20N2O2S. The van der Waals surface area contributed by atoms with Crippen LogP contribution < -0.4 is 5.32 Å². The highest BCUT2D eigenvalue weighted by Gasteiger charge is 2.16. The van der Waals surface area contributed by atoms with Crippen LogP contribution in [0.15, 0.2) is 0 Å². The molecule has 1 fully saturated rings. The van der Waals surface area contributed by atoms with Crippen LogP contribution >= 0.6 is 11.3 Å². The predicted octanol–water partition coefficient (Wildman–Crippen LogP) is 1.99. The number of aryl methyl sites for hydroxylation is 3. The van der Waals surface area contributed by atoms with Crippen molar-refractivity contribution in [2.75, 3.05) is 13.2 Å². The highest BCUT2D eigenvalue weighted by molar-refractivity contribution is 7.11. The van der Waals surface area contributed by atoms with Crippen molar-refractivity contribution in [1.29, 1.82) is 0 Å². The van der Waals surface area contributed by atoms with Crippen molar-refractivity contribution in [3.8, 4) is 0 Å². The number of hydrogen-bond donors (Lipinski definition) is 1. The second-order valence-electron chi connectivity index (χ2n) is 4.68. The molecule has 1 amide bonds. The molecule has 100 valence electrons. The Labute approximate surface area is 112 Å². The Morgan fingerprint density at radius 1 is 1.56 bits per heavy atom. The molecule has 4 nitrogen and oxygen atoms in total. The summed E-state index contributed by atoms with van der Waals surface area (Å²) in [5, 5.41) is 4.01. The molecule has 2 rings (SSSR count). The van der Waals surface area contributed by atoms with Gasteiger partial charge in [0, 0.05) is 24.4 Å². The molecule has 1 aliphatic rings. The monoisotopic (exact) mass is 268 g/mol. The molecule has 1 saturated heterocycles. The summed E-state index contributed by atoms with van der Waals surface area (Å²) in [6, 6.07) is 0. The van der Waals surface area contributed by atoms with Gasteiger partial charge in [0.1, 0.15) is 0 Å². The van der Waals surface area contributed by atoms with Gasteiger partial charge in [0.25, 0.3) is 0 Å². The molecular weight excluding hydrogens is 248 g/mol. The summed E-state index contributed by atoms with van der Waals surface area (Å²) in [6.45, 7) is 5.49. The Hall–Kier alpha value is -0.940. The van der Waals surface area contributed by atoms with E-state index in [1.807, 2.05) is 13.8 Å². The van der Waals surface area contributed by atoms with Crippen LogP contribution in [-0.4, -0.2) is 30.1 Å². The Bertz CT molecular complexity index is 411. The number of aromatic nitrogens is 1. The minimum Gasteiger partial charge on any atom is -0.376 e. The van der Waals surface area contributed by atoms with Crippen molar-refractivity contribution >= 4 is 17.2 Å². The Morgan fingerprint density at radius 2 is 2.39 bits per heavy atom. The first-order valence-corrected chi connectivity index (χ1v) is 7.28. The van der Waals surface area contributed by atoms with Crippen LogP contribution in [0.25, 0.3) is 0 Å². The van der Waals surface area contributed by atoms with E-state index < -0.39 is 0 Å². The van der Waals surface area contributed by atoms with Crippen LogP contribution in [-0.2, 0) is 16.0 Å². The quantitative estimate of drug-likeness (QED) is 0.888. The summed E-state index contributed by atoms with van der Waals surface area (Å²) in [4.78, 5) is 17.3. The fourth-order valence-electron chi connectivity index (χ4n) is 2.15. The van der Waals surface area contributed by atoms with E-state index in [9.17, 15) is 4.79 Å². The molecule has 0 radical (unpaired) electrons. The molecule has 5 heteroatoms. The normalized spacial score (nSPS) is 19.1. The maximum Gasteiger partial charge on any atom is 0.220 e. The maximum absolute atomic E-state index is 11.7. The number of thiazole rings is 1.